The highest BCUT2D eigenvalue weighted by Crippen LogP contribution is 2.20. The first-order valence-corrected chi connectivity index (χ1v) is 3.80. The number of nitrogens with one attached hydrogen (secondary N) is 1. The summed E-state index contributed by atoms with van der Waals surface area (Å²) >= 11 is 0. The molecule has 0 aliphatic heterocycles. The molecule has 0 aliphatic rings. The molecule has 0 fully saturated rings. The number of hydrogen-bond acceptors (Lipinski definition) is 1. The first kappa shape index (κ1) is 11.5. The normalized spacial score (nSPS) is 15.9. The summed E-state index contributed by atoms with van der Waals surface area (Å²) in [5.41, 5.74) is 0. The van der Waals surface area contributed by atoms with Crippen molar-refractivity contribution in [2.45, 2.75) is 26.1 Å². The molecule has 72 valence electrons. The standard InChI is InChI=1S/C8H14F3N/c1-6(2)4-5-7(12-3)8(9,10)11/h4-7,12H,1-3H3/b5-4+. The van der Waals surface area contributed by atoms with Crippen LogP contribution in [0.2, 0.25) is 0 Å². The smallest absolute Gasteiger partial charge is 0.306 e. The van der Waals surface area contributed by atoms with Gasteiger partial charge in [0.05, 0.1) is 0 Å². The van der Waals surface area contributed by atoms with Crippen LogP contribution in [-0.4, -0.2) is 19.3 Å². The molecule has 0 rings (SSSR count). The molecule has 0 bridgehead atoms. The van der Waals surface area contributed by atoms with Gasteiger partial charge in [0.1, 0.15) is 6.04 Å². The summed E-state index contributed by atoms with van der Waals surface area (Å²) in [6, 6.07) is -1.53. The lowest BCUT2D eigenvalue weighted by Gasteiger charge is -2.15. The van der Waals surface area contributed by atoms with Crippen molar-refractivity contribution in [3.8, 4) is 0 Å². The summed E-state index contributed by atoms with van der Waals surface area (Å²) in [6.45, 7) is 3.67. The van der Waals surface area contributed by atoms with Crippen LogP contribution in [0.3, 0.4) is 0 Å². The van der Waals surface area contributed by atoms with Crippen LogP contribution in [0.4, 0.5) is 13.2 Å². The van der Waals surface area contributed by atoms with Crippen LogP contribution in [0.15, 0.2) is 12.2 Å². The van der Waals surface area contributed by atoms with Crippen LogP contribution in [0.1, 0.15) is 13.8 Å². The number of hydrogen-bond donors (Lipinski definition) is 1. The van der Waals surface area contributed by atoms with Gasteiger partial charge in [-0.2, -0.15) is 13.2 Å². The molecule has 0 saturated carbocycles. The maximum Gasteiger partial charge on any atom is 0.407 e. The van der Waals surface area contributed by atoms with E-state index in [-0.39, 0.29) is 5.92 Å². The molecule has 0 amide bonds. The quantitative estimate of drug-likeness (QED) is 0.659. The fraction of sp³-hybridized carbons (Fsp3) is 0.750. The SMILES string of the molecule is CNC(/C=C/C(C)C)C(F)(F)F. The molecule has 0 saturated heterocycles. The number of likely N-dealkylation sites (N-methyl/N-ethyl adjacent to an activating group) is 1. The van der Waals surface area contributed by atoms with Gasteiger partial charge in [0.2, 0.25) is 0 Å². The van der Waals surface area contributed by atoms with Gasteiger partial charge in [-0.05, 0) is 13.0 Å². The Labute approximate surface area is 70.7 Å². The van der Waals surface area contributed by atoms with Gasteiger partial charge in [-0.3, -0.25) is 0 Å². The molecule has 1 atom stereocenters. The molecule has 0 aliphatic carbocycles. The molecule has 0 aromatic rings. The van der Waals surface area contributed by atoms with E-state index in [1.807, 2.05) is 13.8 Å². The second-order valence-electron chi connectivity index (χ2n) is 2.94. The Morgan fingerprint density at radius 2 is 1.67 bits per heavy atom. The van der Waals surface area contributed by atoms with Gasteiger partial charge in [0.15, 0.2) is 0 Å². The third-order valence-electron chi connectivity index (χ3n) is 1.35. The van der Waals surface area contributed by atoms with Crippen LogP contribution < -0.4 is 5.32 Å². The molecule has 1 N–H and O–H groups in total. The number of alkyl halides is 3. The molecule has 1 nitrogen and oxygen atoms in total. The zero-order valence-corrected chi connectivity index (χ0v) is 7.44. The van der Waals surface area contributed by atoms with Gasteiger partial charge in [-0.25, -0.2) is 0 Å². The van der Waals surface area contributed by atoms with Crippen molar-refractivity contribution in [3.63, 3.8) is 0 Å². The lowest BCUT2D eigenvalue weighted by atomic mass is 10.1. The van der Waals surface area contributed by atoms with E-state index < -0.39 is 12.2 Å². The highest BCUT2D eigenvalue weighted by molar-refractivity contribution is 4.97. The summed E-state index contributed by atoms with van der Waals surface area (Å²) in [6.07, 6.45) is -1.51. The Bertz CT molecular complexity index is 149. The van der Waals surface area contributed by atoms with Crippen LogP contribution in [0, 0.1) is 5.92 Å². The van der Waals surface area contributed by atoms with Crippen molar-refractivity contribution in [2.24, 2.45) is 5.92 Å². The predicted octanol–water partition coefficient (Wildman–Crippen LogP) is 2.35. The Balaban J connectivity index is 4.18. The van der Waals surface area contributed by atoms with Gasteiger partial charge in [-0.1, -0.05) is 26.0 Å². The van der Waals surface area contributed by atoms with Crippen molar-refractivity contribution >= 4 is 0 Å². The summed E-state index contributed by atoms with van der Waals surface area (Å²) in [5, 5.41) is 2.19. The van der Waals surface area contributed by atoms with E-state index in [0.29, 0.717) is 0 Å². The summed E-state index contributed by atoms with van der Waals surface area (Å²) in [7, 11) is 1.29. The maximum atomic E-state index is 12.1. The van der Waals surface area contributed by atoms with E-state index in [2.05, 4.69) is 5.32 Å². The molecular weight excluding hydrogens is 167 g/mol. The number of rotatable bonds is 3. The third kappa shape index (κ3) is 4.38. The van der Waals surface area contributed by atoms with Gasteiger partial charge < -0.3 is 5.32 Å². The largest absolute Gasteiger partial charge is 0.407 e. The van der Waals surface area contributed by atoms with E-state index in [1.165, 1.54) is 13.1 Å². The Hall–Kier alpha value is -0.510. The zero-order valence-electron chi connectivity index (χ0n) is 7.44. The summed E-state index contributed by atoms with van der Waals surface area (Å²) in [4.78, 5) is 0. The maximum absolute atomic E-state index is 12.1. The molecule has 4 heteroatoms. The predicted molar refractivity (Wildman–Crippen MR) is 42.9 cm³/mol. The first-order chi connectivity index (χ1) is 5.38. The second kappa shape index (κ2) is 4.50. The third-order valence-corrected chi connectivity index (χ3v) is 1.35. The first-order valence-electron chi connectivity index (χ1n) is 3.80. The molecule has 12 heavy (non-hydrogen) atoms. The zero-order chi connectivity index (χ0) is 9.78. The Morgan fingerprint density at radius 1 is 1.17 bits per heavy atom. The molecule has 0 aromatic heterocycles. The van der Waals surface area contributed by atoms with Crippen molar-refractivity contribution in [1.82, 2.24) is 5.32 Å². The topological polar surface area (TPSA) is 12.0 Å². The lowest BCUT2D eigenvalue weighted by Crippen LogP contribution is -2.38. The van der Waals surface area contributed by atoms with Crippen LogP contribution in [-0.2, 0) is 0 Å². The monoisotopic (exact) mass is 181 g/mol. The van der Waals surface area contributed by atoms with Crippen molar-refractivity contribution < 1.29 is 13.2 Å². The summed E-state index contributed by atoms with van der Waals surface area (Å²) < 4.78 is 36.2. The molecular formula is C8H14F3N. The van der Waals surface area contributed by atoms with Crippen LogP contribution in [0.25, 0.3) is 0 Å². The highest BCUT2D eigenvalue weighted by atomic mass is 19.4. The van der Waals surface area contributed by atoms with Gasteiger partial charge in [0, 0.05) is 0 Å². The van der Waals surface area contributed by atoms with Gasteiger partial charge in [0.25, 0.3) is 0 Å². The van der Waals surface area contributed by atoms with Gasteiger partial charge >= 0.3 is 6.18 Å². The minimum absolute atomic E-state index is 0.142. The van der Waals surface area contributed by atoms with Crippen LogP contribution in [0.5, 0.6) is 0 Å². The number of halogens is 3. The van der Waals surface area contributed by atoms with E-state index in [9.17, 15) is 13.2 Å². The van der Waals surface area contributed by atoms with Crippen molar-refractivity contribution in [1.29, 1.82) is 0 Å². The Kier molecular flexibility index (Phi) is 4.31. The molecule has 0 aromatic carbocycles. The van der Waals surface area contributed by atoms with E-state index in [4.69, 9.17) is 0 Å². The minimum atomic E-state index is -4.19. The average molecular weight is 181 g/mol. The summed E-state index contributed by atoms with van der Waals surface area (Å²) in [5.74, 6) is 0.142. The fourth-order valence-corrected chi connectivity index (χ4v) is 0.702. The molecule has 0 spiro atoms. The molecule has 1 unspecified atom stereocenters. The molecule has 0 heterocycles. The highest BCUT2D eigenvalue weighted by Gasteiger charge is 2.36. The van der Waals surface area contributed by atoms with E-state index in [0.717, 1.165) is 6.08 Å². The van der Waals surface area contributed by atoms with E-state index >= 15 is 0 Å². The second-order valence-corrected chi connectivity index (χ2v) is 2.94. The van der Waals surface area contributed by atoms with Crippen LogP contribution >= 0.6 is 0 Å². The van der Waals surface area contributed by atoms with Crippen molar-refractivity contribution in [2.75, 3.05) is 7.05 Å². The Morgan fingerprint density at radius 3 is 1.92 bits per heavy atom. The number of allylic oxidation sites excluding steroid dienone is 1. The lowest BCUT2D eigenvalue weighted by molar-refractivity contribution is -0.143. The van der Waals surface area contributed by atoms with E-state index in [1.54, 1.807) is 0 Å². The minimum Gasteiger partial charge on any atom is -0.306 e. The van der Waals surface area contributed by atoms with Crippen molar-refractivity contribution in [3.05, 3.63) is 12.2 Å². The fourth-order valence-electron chi connectivity index (χ4n) is 0.702. The molecule has 0 radical (unpaired) electrons. The van der Waals surface area contributed by atoms with Gasteiger partial charge in [-0.15, -0.1) is 0 Å². The average Bonchev–Trinajstić information content (AvgIpc) is 1.85.